The average Bonchev–Trinajstić information content (AvgIpc) is 4.05. The molecule has 0 spiro atoms. The van der Waals surface area contributed by atoms with E-state index < -0.39 is 14.8 Å². The highest BCUT2D eigenvalue weighted by molar-refractivity contribution is 6.43. The minimum absolute atomic E-state index is 0.0358. The number of fused-ring (bicyclic) bond motifs is 1. The lowest BCUT2D eigenvalue weighted by molar-refractivity contribution is 0.626. The molecule has 0 unspecified atom stereocenters. The van der Waals surface area contributed by atoms with Crippen molar-refractivity contribution in [3.05, 3.63) is 190 Å². The van der Waals surface area contributed by atoms with Crippen LogP contribution in [-0.2, 0) is 0 Å². The zero-order chi connectivity index (χ0) is 49.6. The Morgan fingerprint density at radius 1 is 0.486 bits per heavy atom. The van der Waals surface area contributed by atoms with Crippen LogP contribution in [0.15, 0.2) is 150 Å². The molecule has 70 heavy (non-hydrogen) atoms. The van der Waals surface area contributed by atoms with Crippen LogP contribution in [0.2, 0.25) is 0 Å². The van der Waals surface area contributed by atoms with E-state index in [1.54, 1.807) is 36.4 Å². The quantitative estimate of drug-likeness (QED) is 0.0864. The zero-order valence-corrected chi connectivity index (χ0v) is 39.9. The number of aliphatic imine (C=N–C) groups is 1. The molecule has 5 aromatic carbocycles. The fourth-order valence-corrected chi connectivity index (χ4v) is 7.57. The van der Waals surface area contributed by atoms with Crippen molar-refractivity contribution in [3.63, 3.8) is 0 Å². The van der Waals surface area contributed by atoms with Crippen molar-refractivity contribution in [2.45, 2.75) is 0 Å². The minimum Gasteiger partial charge on any atom is -0.378 e. The first-order chi connectivity index (χ1) is 33.6. The Labute approximate surface area is 407 Å². The molecule has 0 saturated carbocycles. The molecule has 0 bridgehead atoms. The minimum atomic E-state index is -3.23. The normalized spacial score (nSPS) is 12.2. The SMILES string of the molecule is CN(C)c1ccc(C#CC2=C/C(=C(/c3cc(C#Cc4ccc(N(C)C)cc4)c(C#Cc4ccc(N(C)C)cc4)n3B(F)F)c3nc4ccccc4n3B(F)F)N=C2C#Cc2ccc(N(C)C)cc2)cc1. The highest BCUT2D eigenvalue weighted by Crippen LogP contribution is 2.37. The fourth-order valence-electron chi connectivity index (χ4n) is 7.57. The van der Waals surface area contributed by atoms with Gasteiger partial charge in [-0.25, -0.2) is 9.98 Å². The van der Waals surface area contributed by atoms with E-state index in [1.165, 1.54) is 12.1 Å². The lowest BCUT2D eigenvalue weighted by atomic mass is 10.0. The van der Waals surface area contributed by atoms with E-state index in [2.05, 4.69) is 47.4 Å². The Hall–Kier alpha value is -8.71. The van der Waals surface area contributed by atoms with Crippen LogP contribution in [0.4, 0.5) is 40.0 Å². The first-order valence-electron chi connectivity index (χ1n) is 22.2. The number of halogens is 4. The molecular formula is C56H46B2F4N8. The summed E-state index contributed by atoms with van der Waals surface area (Å²) in [6.07, 6.45) is 1.59. The van der Waals surface area contributed by atoms with Crippen molar-refractivity contribution in [2.75, 3.05) is 76.0 Å². The van der Waals surface area contributed by atoms with Crippen molar-refractivity contribution >= 4 is 59.9 Å². The second-order valence-electron chi connectivity index (χ2n) is 17.1. The molecule has 344 valence electrons. The van der Waals surface area contributed by atoms with E-state index in [1.807, 2.05) is 161 Å². The van der Waals surface area contributed by atoms with E-state index in [0.29, 0.717) is 27.8 Å². The molecular weight excluding hydrogens is 882 g/mol. The van der Waals surface area contributed by atoms with Gasteiger partial charge < -0.3 is 28.6 Å². The summed E-state index contributed by atoms with van der Waals surface area (Å²) in [6.45, 7) is 0. The molecule has 3 heterocycles. The second-order valence-corrected chi connectivity index (χ2v) is 17.1. The van der Waals surface area contributed by atoms with E-state index in [9.17, 15) is 0 Å². The average molecular weight is 929 g/mol. The Kier molecular flexibility index (Phi) is 14.1. The van der Waals surface area contributed by atoms with Crippen molar-refractivity contribution in [3.8, 4) is 47.4 Å². The van der Waals surface area contributed by atoms with Gasteiger partial charge in [0.2, 0.25) is 0 Å². The number of nitrogens with zero attached hydrogens (tertiary/aromatic N) is 8. The summed E-state index contributed by atoms with van der Waals surface area (Å²) in [7, 11) is 9.06. The van der Waals surface area contributed by atoms with E-state index in [4.69, 9.17) is 9.98 Å². The molecule has 0 atom stereocenters. The molecule has 0 aliphatic carbocycles. The van der Waals surface area contributed by atoms with Crippen LogP contribution in [0.25, 0.3) is 16.6 Å². The number of aromatic nitrogens is 3. The first kappa shape index (κ1) is 47.8. The third kappa shape index (κ3) is 10.5. The van der Waals surface area contributed by atoms with Crippen molar-refractivity contribution < 1.29 is 17.3 Å². The smallest absolute Gasteiger partial charge is 0.378 e. The lowest BCUT2D eigenvalue weighted by Crippen LogP contribution is -2.21. The summed E-state index contributed by atoms with van der Waals surface area (Å²) in [5.74, 6) is 24.7. The Morgan fingerprint density at radius 2 is 0.914 bits per heavy atom. The van der Waals surface area contributed by atoms with Gasteiger partial charge in [0.15, 0.2) is 0 Å². The van der Waals surface area contributed by atoms with E-state index >= 15 is 17.3 Å². The summed E-state index contributed by atoms with van der Waals surface area (Å²) in [6, 6.07) is 37.9. The van der Waals surface area contributed by atoms with Gasteiger partial charge >= 0.3 is 14.8 Å². The monoisotopic (exact) mass is 928 g/mol. The van der Waals surface area contributed by atoms with Gasteiger partial charge in [-0.3, -0.25) is 17.3 Å². The number of imidazole rings is 1. The maximum atomic E-state index is 16.1. The van der Waals surface area contributed by atoms with Gasteiger partial charge in [-0.2, -0.15) is 0 Å². The van der Waals surface area contributed by atoms with Gasteiger partial charge in [-0.05, 0) is 133 Å². The molecule has 0 amide bonds. The maximum Gasteiger partial charge on any atom is 0.679 e. The molecule has 2 aromatic heterocycles. The summed E-state index contributed by atoms with van der Waals surface area (Å²) in [5.41, 5.74) is 6.99. The Balaban J connectivity index is 1.42. The molecule has 1 aliphatic rings. The number of anilines is 4. The van der Waals surface area contributed by atoms with Crippen molar-refractivity contribution in [2.24, 2.45) is 4.99 Å². The summed E-state index contributed by atoms with van der Waals surface area (Å²) >= 11 is 0. The molecule has 0 saturated heterocycles. The standard InChI is InChI=1S/C56H46B2F4N8/c1-65(2)45-27-15-39(16-28-45)13-25-43-37-51(63-49(43)35-23-41-19-31-47(32-20-41)67(5)6)55(56-64-50-11-9-10-12-53(50)70(56)58(61)62)54-38-44(26-14-40-17-29-46(30-18-40)66(3)4)52(69(54)57(59)60)36-24-42-21-33-48(34-22-42)68(7)8/h9-12,15-22,27-34,37-38H,1-8H3/b55-51+. The molecule has 0 fully saturated rings. The molecule has 14 heteroatoms. The van der Waals surface area contributed by atoms with Crippen molar-refractivity contribution in [1.29, 1.82) is 0 Å². The summed E-state index contributed by atoms with van der Waals surface area (Å²) in [4.78, 5) is 17.5. The number of para-hydroxylation sites is 2. The van der Waals surface area contributed by atoms with Crippen LogP contribution in [0.1, 0.15) is 45.0 Å². The number of benzene rings is 5. The molecule has 0 radical (unpaired) electrons. The first-order valence-corrected chi connectivity index (χ1v) is 22.2. The number of hydrogen-bond donors (Lipinski definition) is 0. The predicted octanol–water partition coefficient (Wildman–Crippen LogP) is 9.69. The van der Waals surface area contributed by atoms with Crippen LogP contribution in [0, 0.1) is 47.4 Å². The Morgan fingerprint density at radius 3 is 1.37 bits per heavy atom. The van der Waals surface area contributed by atoms with Crippen LogP contribution in [0.3, 0.4) is 0 Å². The highest BCUT2D eigenvalue weighted by atomic mass is 19.2. The number of rotatable bonds is 8. The summed E-state index contributed by atoms with van der Waals surface area (Å²) < 4.78 is 64.9. The lowest BCUT2D eigenvalue weighted by Gasteiger charge is -2.14. The van der Waals surface area contributed by atoms with Crippen LogP contribution in [-0.4, -0.2) is 90.8 Å². The van der Waals surface area contributed by atoms with Gasteiger partial charge in [0.1, 0.15) is 17.2 Å². The molecule has 1 aliphatic heterocycles. The van der Waals surface area contributed by atoms with Gasteiger partial charge in [-0.1, -0.05) is 47.7 Å². The fraction of sp³-hybridized carbons (Fsp3) is 0.143. The largest absolute Gasteiger partial charge is 0.679 e. The zero-order valence-electron chi connectivity index (χ0n) is 39.9. The van der Waals surface area contributed by atoms with Gasteiger partial charge in [0.05, 0.1) is 33.4 Å². The van der Waals surface area contributed by atoms with Gasteiger partial charge in [0.25, 0.3) is 0 Å². The van der Waals surface area contributed by atoms with Gasteiger partial charge in [-0.15, -0.1) is 0 Å². The van der Waals surface area contributed by atoms with Crippen LogP contribution < -0.4 is 19.6 Å². The Bertz CT molecular complexity index is 3360. The number of hydrogen-bond acceptors (Lipinski definition) is 6. The van der Waals surface area contributed by atoms with Crippen molar-refractivity contribution in [1.82, 2.24) is 13.9 Å². The highest BCUT2D eigenvalue weighted by Gasteiger charge is 2.35. The van der Waals surface area contributed by atoms with Gasteiger partial charge in [0, 0.05) is 107 Å². The molecule has 7 aromatic rings. The van der Waals surface area contributed by atoms with E-state index in [0.717, 1.165) is 31.7 Å². The molecule has 8 nitrogen and oxygen atoms in total. The van der Waals surface area contributed by atoms with Crippen LogP contribution in [0.5, 0.6) is 0 Å². The molecule has 0 N–H and O–H groups in total. The third-order valence-corrected chi connectivity index (χ3v) is 11.4. The maximum absolute atomic E-state index is 16.1. The number of allylic oxidation sites excluding steroid dienone is 2. The van der Waals surface area contributed by atoms with E-state index in [-0.39, 0.29) is 50.8 Å². The van der Waals surface area contributed by atoms with Crippen LogP contribution >= 0.6 is 0 Å². The summed E-state index contributed by atoms with van der Waals surface area (Å²) in [5, 5.41) is 0. The third-order valence-electron chi connectivity index (χ3n) is 11.4. The topological polar surface area (TPSA) is 48.1 Å². The predicted molar refractivity (Wildman–Crippen MR) is 281 cm³/mol. The second kappa shape index (κ2) is 20.7. The molecule has 8 rings (SSSR count).